The minimum Gasteiger partial charge on any atom is -0.388 e. The van der Waals surface area contributed by atoms with E-state index in [9.17, 15) is 5.11 Å². The Bertz CT molecular complexity index is 533. The van der Waals surface area contributed by atoms with E-state index in [1.54, 1.807) is 24.2 Å². The van der Waals surface area contributed by atoms with E-state index in [0.29, 0.717) is 6.42 Å². The minimum absolute atomic E-state index is 0.496. The molecule has 1 aromatic heterocycles. The Morgan fingerprint density at radius 3 is 2.83 bits per heavy atom. The molecule has 1 aromatic carbocycles. The van der Waals surface area contributed by atoms with Crippen LogP contribution in [0.5, 0.6) is 0 Å². The van der Waals surface area contributed by atoms with Gasteiger partial charge in [-0.2, -0.15) is 0 Å². The number of aromatic nitrogens is 1. The number of pyridine rings is 1. The van der Waals surface area contributed by atoms with Crippen LogP contribution in [0.4, 0.5) is 0 Å². The maximum atomic E-state index is 10.3. The summed E-state index contributed by atoms with van der Waals surface area (Å²) in [6.07, 6.45) is 5.63. The zero-order chi connectivity index (χ0) is 13.0. The Morgan fingerprint density at radius 1 is 1.33 bits per heavy atom. The van der Waals surface area contributed by atoms with Crippen molar-refractivity contribution in [2.75, 3.05) is 6.26 Å². The first-order chi connectivity index (χ1) is 8.70. The molecule has 1 atom stereocenters. The summed E-state index contributed by atoms with van der Waals surface area (Å²) in [6.45, 7) is 0. The number of hydrogen-bond donors (Lipinski definition) is 1. The van der Waals surface area contributed by atoms with Crippen LogP contribution in [0, 0.1) is 0 Å². The summed E-state index contributed by atoms with van der Waals surface area (Å²) in [5, 5.41) is 10.3. The maximum Gasteiger partial charge on any atom is 0.0841 e. The minimum atomic E-state index is -0.496. The van der Waals surface area contributed by atoms with Crippen LogP contribution in [0.3, 0.4) is 0 Å². The van der Waals surface area contributed by atoms with Gasteiger partial charge in [-0.05, 0) is 45.4 Å². The fraction of sp³-hybridized carbons (Fsp3) is 0.214. The molecule has 0 saturated carbocycles. The van der Waals surface area contributed by atoms with Crippen LogP contribution in [-0.4, -0.2) is 16.3 Å². The van der Waals surface area contributed by atoms with Gasteiger partial charge in [-0.25, -0.2) is 0 Å². The summed E-state index contributed by atoms with van der Waals surface area (Å²) in [5.41, 5.74) is 2.00. The summed E-state index contributed by atoms with van der Waals surface area (Å²) < 4.78 is 0.936. The van der Waals surface area contributed by atoms with Crippen LogP contribution in [0.25, 0.3) is 0 Å². The fourth-order valence-corrected chi connectivity index (χ4v) is 2.91. The van der Waals surface area contributed by atoms with Gasteiger partial charge in [-0.15, -0.1) is 11.8 Å². The number of aliphatic hydroxyl groups is 1. The van der Waals surface area contributed by atoms with Crippen molar-refractivity contribution in [2.24, 2.45) is 0 Å². The Morgan fingerprint density at radius 2 is 2.11 bits per heavy atom. The van der Waals surface area contributed by atoms with Gasteiger partial charge in [-0.1, -0.05) is 18.2 Å². The van der Waals surface area contributed by atoms with E-state index >= 15 is 0 Å². The van der Waals surface area contributed by atoms with Crippen molar-refractivity contribution in [3.05, 3.63) is 58.3 Å². The highest BCUT2D eigenvalue weighted by atomic mass is 79.9. The molecule has 1 N–H and O–H groups in total. The molecule has 4 heteroatoms. The molecule has 2 rings (SSSR count). The van der Waals surface area contributed by atoms with E-state index in [2.05, 4.69) is 20.9 Å². The Balaban J connectivity index is 2.19. The normalized spacial score (nSPS) is 12.4. The van der Waals surface area contributed by atoms with Crippen molar-refractivity contribution in [3.8, 4) is 0 Å². The lowest BCUT2D eigenvalue weighted by Gasteiger charge is -2.14. The van der Waals surface area contributed by atoms with Crippen LogP contribution >= 0.6 is 27.7 Å². The first-order valence-electron chi connectivity index (χ1n) is 5.61. The highest BCUT2D eigenvalue weighted by Crippen LogP contribution is 2.28. The van der Waals surface area contributed by atoms with Crippen LogP contribution in [-0.2, 0) is 6.42 Å². The predicted octanol–water partition coefficient (Wildman–Crippen LogP) is 3.84. The van der Waals surface area contributed by atoms with Gasteiger partial charge in [0.25, 0.3) is 0 Å². The van der Waals surface area contributed by atoms with E-state index in [4.69, 9.17) is 0 Å². The number of hydrogen-bond acceptors (Lipinski definition) is 3. The van der Waals surface area contributed by atoms with Gasteiger partial charge in [0.1, 0.15) is 0 Å². The molecular formula is C14H14BrNOS. The fourth-order valence-electron chi connectivity index (χ4n) is 1.84. The van der Waals surface area contributed by atoms with Crippen molar-refractivity contribution in [1.82, 2.24) is 4.98 Å². The molecule has 2 nitrogen and oxygen atoms in total. The maximum absolute atomic E-state index is 10.3. The third-order valence-electron chi connectivity index (χ3n) is 2.69. The zero-order valence-electron chi connectivity index (χ0n) is 10.0. The lowest BCUT2D eigenvalue weighted by atomic mass is 10.0. The smallest absolute Gasteiger partial charge is 0.0841 e. The van der Waals surface area contributed by atoms with Gasteiger partial charge < -0.3 is 5.11 Å². The van der Waals surface area contributed by atoms with E-state index in [0.717, 1.165) is 20.5 Å². The lowest BCUT2D eigenvalue weighted by Crippen LogP contribution is -2.03. The Hall–Kier alpha value is -0.840. The number of rotatable bonds is 4. The highest BCUT2D eigenvalue weighted by molar-refractivity contribution is 9.10. The van der Waals surface area contributed by atoms with Gasteiger partial charge >= 0.3 is 0 Å². The second-order valence-electron chi connectivity index (χ2n) is 3.97. The van der Waals surface area contributed by atoms with Gasteiger partial charge in [0.05, 0.1) is 6.10 Å². The summed E-state index contributed by atoms with van der Waals surface area (Å²) >= 11 is 5.04. The molecular weight excluding hydrogens is 310 g/mol. The summed E-state index contributed by atoms with van der Waals surface area (Å²) in [4.78, 5) is 5.23. The van der Waals surface area contributed by atoms with Crippen molar-refractivity contribution in [1.29, 1.82) is 0 Å². The number of halogens is 1. The molecule has 1 unspecified atom stereocenters. The SMILES string of the molecule is CSc1ccccc1C(O)Cc1cncc(Br)c1. The van der Waals surface area contributed by atoms with E-state index in [-0.39, 0.29) is 0 Å². The first kappa shape index (κ1) is 13.6. The quantitative estimate of drug-likeness (QED) is 0.868. The van der Waals surface area contributed by atoms with Gasteiger partial charge in [0.15, 0.2) is 0 Å². The van der Waals surface area contributed by atoms with Crippen LogP contribution in [0.15, 0.2) is 52.1 Å². The molecule has 0 aliphatic heterocycles. The monoisotopic (exact) mass is 323 g/mol. The van der Waals surface area contributed by atoms with Gasteiger partial charge in [0.2, 0.25) is 0 Å². The van der Waals surface area contributed by atoms with Gasteiger partial charge in [-0.3, -0.25) is 4.98 Å². The van der Waals surface area contributed by atoms with Crippen LogP contribution in [0.1, 0.15) is 17.2 Å². The lowest BCUT2D eigenvalue weighted by molar-refractivity contribution is 0.175. The van der Waals surface area contributed by atoms with Crippen LogP contribution in [0.2, 0.25) is 0 Å². The zero-order valence-corrected chi connectivity index (χ0v) is 12.4. The number of nitrogens with zero attached hydrogens (tertiary/aromatic N) is 1. The molecule has 0 saturated heterocycles. The number of aliphatic hydroxyl groups excluding tert-OH is 1. The largest absolute Gasteiger partial charge is 0.388 e. The predicted molar refractivity (Wildman–Crippen MR) is 78.8 cm³/mol. The molecule has 94 valence electrons. The molecule has 0 radical (unpaired) electrons. The second kappa shape index (κ2) is 6.36. The first-order valence-corrected chi connectivity index (χ1v) is 7.63. The Labute approximate surface area is 120 Å². The Kier molecular flexibility index (Phi) is 4.80. The van der Waals surface area contributed by atoms with Crippen molar-refractivity contribution < 1.29 is 5.11 Å². The highest BCUT2D eigenvalue weighted by Gasteiger charge is 2.12. The van der Waals surface area contributed by atoms with Crippen LogP contribution < -0.4 is 0 Å². The van der Waals surface area contributed by atoms with Crippen molar-refractivity contribution >= 4 is 27.7 Å². The topological polar surface area (TPSA) is 33.1 Å². The molecule has 0 aliphatic rings. The molecule has 0 amide bonds. The molecule has 2 aromatic rings. The molecule has 0 spiro atoms. The van der Waals surface area contributed by atoms with E-state index in [1.807, 2.05) is 36.6 Å². The standard InChI is InChI=1S/C14H14BrNOS/c1-18-14-5-3-2-4-12(14)13(17)7-10-6-11(15)9-16-8-10/h2-6,8-9,13,17H,7H2,1H3. The van der Waals surface area contributed by atoms with Crippen molar-refractivity contribution in [3.63, 3.8) is 0 Å². The average Bonchev–Trinajstić information content (AvgIpc) is 2.38. The molecule has 1 heterocycles. The number of benzene rings is 1. The third-order valence-corrected chi connectivity index (χ3v) is 3.93. The van der Waals surface area contributed by atoms with E-state index in [1.165, 1.54) is 0 Å². The third kappa shape index (κ3) is 3.34. The van der Waals surface area contributed by atoms with Gasteiger partial charge in [0, 0.05) is 28.2 Å². The molecule has 18 heavy (non-hydrogen) atoms. The number of thioether (sulfide) groups is 1. The van der Waals surface area contributed by atoms with E-state index < -0.39 is 6.10 Å². The average molecular weight is 324 g/mol. The molecule has 0 fully saturated rings. The summed E-state index contributed by atoms with van der Waals surface area (Å²) in [5.74, 6) is 0. The molecule has 0 aliphatic carbocycles. The summed E-state index contributed by atoms with van der Waals surface area (Å²) in [6, 6.07) is 9.93. The summed E-state index contributed by atoms with van der Waals surface area (Å²) in [7, 11) is 0. The second-order valence-corrected chi connectivity index (χ2v) is 5.74. The molecule has 0 bridgehead atoms. The van der Waals surface area contributed by atoms with Crippen molar-refractivity contribution in [2.45, 2.75) is 17.4 Å².